The normalized spacial score (nSPS) is 15.6. The molecule has 8 nitrogen and oxygen atoms in total. The highest BCUT2D eigenvalue weighted by Crippen LogP contribution is 2.25. The number of unbranched alkanes of at least 4 members (excludes halogenated alkanes) is 2. The van der Waals surface area contributed by atoms with Crippen molar-refractivity contribution in [3.63, 3.8) is 0 Å². The second-order valence-corrected chi connectivity index (χ2v) is 10.4. The minimum Gasteiger partial charge on any atom is -0.459 e. The van der Waals surface area contributed by atoms with Crippen molar-refractivity contribution in [2.75, 3.05) is 24.7 Å². The summed E-state index contributed by atoms with van der Waals surface area (Å²) in [5, 5.41) is 37.1. The first kappa shape index (κ1) is 30.9. The van der Waals surface area contributed by atoms with Gasteiger partial charge in [-0.1, -0.05) is 51.7 Å². The van der Waals surface area contributed by atoms with Crippen LogP contribution in [0.5, 0.6) is 0 Å². The number of aliphatic hydroxyl groups is 4. The molecule has 2 aromatic rings. The average Bonchev–Trinajstić information content (AvgIpc) is 3.56. The van der Waals surface area contributed by atoms with Gasteiger partial charge in [0.15, 0.2) is 0 Å². The zero-order valence-electron chi connectivity index (χ0n) is 21.8. The highest BCUT2D eigenvalue weighted by molar-refractivity contribution is 7.13. The summed E-state index contributed by atoms with van der Waals surface area (Å²) < 4.78 is 4.85. The van der Waals surface area contributed by atoms with Gasteiger partial charge in [-0.05, 0) is 49.1 Å². The Morgan fingerprint density at radius 1 is 1.03 bits per heavy atom. The molecule has 0 saturated carbocycles. The van der Waals surface area contributed by atoms with Crippen molar-refractivity contribution in [3.8, 4) is 0 Å². The highest BCUT2D eigenvalue weighted by atomic mass is 32.1. The fraction of sp³-hybridized carbons (Fsp3) is 0.571. The fourth-order valence-corrected chi connectivity index (χ4v) is 4.89. The first-order chi connectivity index (χ1) is 17.8. The van der Waals surface area contributed by atoms with Crippen LogP contribution in [0.2, 0.25) is 0 Å². The van der Waals surface area contributed by atoms with Crippen molar-refractivity contribution in [2.45, 2.75) is 83.5 Å². The Balaban J connectivity index is 0.000000261. The topological polar surface area (TPSA) is 128 Å². The molecule has 2 heterocycles. The van der Waals surface area contributed by atoms with Gasteiger partial charge in [-0.25, -0.2) is 4.79 Å². The predicted octanol–water partition coefficient (Wildman–Crippen LogP) is 4.00. The lowest BCUT2D eigenvalue weighted by Crippen LogP contribution is -2.34. The molecule has 1 aromatic carbocycles. The van der Waals surface area contributed by atoms with Crippen molar-refractivity contribution in [1.82, 2.24) is 0 Å². The third kappa shape index (κ3) is 10.2. The first-order valence-electron chi connectivity index (χ1n) is 13.1. The van der Waals surface area contributed by atoms with E-state index in [4.69, 9.17) is 14.9 Å². The number of esters is 1. The Bertz CT molecular complexity index is 946. The van der Waals surface area contributed by atoms with E-state index in [1.807, 2.05) is 35.2 Å². The van der Waals surface area contributed by atoms with Crippen LogP contribution in [-0.4, -0.2) is 64.3 Å². The Morgan fingerprint density at radius 2 is 1.76 bits per heavy atom. The van der Waals surface area contributed by atoms with Gasteiger partial charge in [0.05, 0.1) is 12.7 Å². The molecule has 1 aromatic heterocycles. The number of aryl methyl sites for hydroxylation is 1. The molecule has 1 amide bonds. The SMILES string of the molecule is CCCCC[C@H](O)c1ccc(N2CCCC2=O)cc1.CCCc1ccc(C(=O)OCC(O)C(O)CO)s1. The second-order valence-electron chi connectivity index (χ2n) is 9.18. The predicted molar refractivity (Wildman–Crippen MR) is 145 cm³/mol. The van der Waals surface area contributed by atoms with E-state index in [0.29, 0.717) is 11.3 Å². The molecule has 2 unspecified atom stereocenters. The minimum absolute atomic E-state index is 0.205. The highest BCUT2D eigenvalue weighted by Gasteiger charge is 2.22. The molecule has 206 valence electrons. The van der Waals surface area contributed by atoms with Crippen LogP contribution in [-0.2, 0) is 16.0 Å². The van der Waals surface area contributed by atoms with E-state index in [-0.39, 0.29) is 18.6 Å². The summed E-state index contributed by atoms with van der Waals surface area (Å²) in [7, 11) is 0. The number of benzene rings is 1. The van der Waals surface area contributed by atoms with Crippen LogP contribution >= 0.6 is 11.3 Å². The van der Waals surface area contributed by atoms with Gasteiger partial charge in [0.1, 0.15) is 23.7 Å². The smallest absolute Gasteiger partial charge is 0.348 e. The van der Waals surface area contributed by atoms with Crippen molar-refractivity contribution >= 4 is 28.9 Å². The first-order valence-corrected chi connectivity index (χ1v) is 13.9. The molecule has 1 aliphatic heterocycles. The van der Waals surface area contributed by atoms with E-state index >= 15 is 0 Å². The van der Waals surface area contributed by atoms with Gasteiger partial charge in [-0.3, -0.25) is 4.79 Å². The number of hydrogen-bond acceptors (Lipinski definition) is 8. The summed E-state index contributed by atoms with van der Waals surface area (Å²) in [6.07, 6.45) is 4.79. The molecule has 37 heavy (non-hydrogen) atoms. The van der Waals surface area contributed by atoms with E-state index in [1.54, 1.807) is 6.07 Å². The van der Waals surface area contributed by atoms with Crippen LogP contribution in [0.4, 0.5) is 5.69 Å². The summed E-state index contributed by atoms with van der Waals surface area (Å²) in [5.74, 6) is -0.317. The molecule has 4 N–H and O–H groups in total. The summed E-state index contributed by atoms with van der Waals surface area (Å²) in [6, 6.07) is 11.3. The molecular weight excluding hydrogens is 494 g/mol. The van der Waals surface area contributed by atoms with Crippen LogP contribution in [0.25, 0.3) is 0 Å². The lowest BCUT2D eigenvalue weighted by Gasteiger charge is -2.17. The molecule has 0 bridgehead atoms. The van der Waals surface area contributed by atoms with Gasteiger partial charge >= 0.3 is 5.97 Å². The largest absolute Gasteiger partial charge is 0.459 e. The Morgan fingerprint density at radius 3 is 2.35 bits per heavy atom. The van der Waals surface area contributed by atoms with Crippen LogP contribution < -0.4 is 4.90 Å². The number of nitrogens with zero attached hydrogens (tertiary/aromatic N) is 1. The Labute approximate surface area is 223 Å². The van der Waals surface area contributed by atoms with E-state index < -0.39 is 24.8 Å². The van der Waals surface area contributed by atoms with Gasteiger partial charge in [-0.2, -0.15) is 0 Å². The van der Waals surface area contributed by atoms with Gasteiger partial charge in [0.25, 0.3) is 0 Å². The number of aliphatic hydroxyl groups excluding tert-OH is 4. The molecular formula is C28H41NO7S. The number of carbonyl (C=O) groups is 2. The quantitative estimate of drug-likeness (QED) is 0.225. The number of rotatable bonds is 13. The molecule has 0 radical (unpaired) electrons. The molecule has 1 saturated heterocycles. The summed E-state index contributed by atoms with van der Waals surface area (Å²) in [5.41, 5.74) is 1.90. The maximum atomic E-state index is 11.6. The molecule has 0 aliphatic carbocycles. The Hall–Kier alpha value is -2.30. The van der Waals surface area contributed by atoms with Crippen LogP contribution in [0, 0.1) is 0 Å². The van der Waals surface area contributed by atoms with E-state index in [2.05, 4.69) is 13.8 Å². The molecule has 3 rings (SSSR count). The second kappa shape index (κ2) is 16.5. The maximum Gasteiger partial charge on any atom is 0.348 e. The van der Waals surface area contributed by atoms with Crippen molar-refractivity contribution < 1.29 is 34.8 Å². The number of ether oxygens (including phenoxy) is 1. The molecule has 9 heteroatoms. The third-order valence-electron chi connectivity index (χ3n) is 6.12. The monoisotopic (exact) mass is 535 g/mol. The fourth-order valence-electron chi connectivity index (χ4n) is 3.89. The van der Waals surface area contributed by atoms with Gasteiger partial charge in [0, 0.05) is 23.5 Å². The number of carbonyl (C=O) groups excluding carboxylic acids is 2. The Kier molecular flexibility index (Phi) is 13.8. The van der Waals surface area contributed by atoms with Crippen molar-refractivity contribution in [1.29, 1.82) is 0 Å². The zero-order chi connectivity index (χ0) is 27.2. The lowest BCUT2D eigenvalue weighted by molar-refractivity contribution is -0.117. The molecule has 1 aliphatic rings. The van der Waals surface area contributed by atoms with Crippen LogP contribution in [0.3, 0.4) is 0 Å². The van der Waals surface area contributed by atoms with E-state index in [0.717, 1.165) is 61.2 Å². The summed E-state index contributed by atoms with van der Waals surface area (Å²) in [6.45, 7) is 4.13. The van der Waals surface area contributed by atoms with E-state index in [9.17, 15) is 19.8 Å². The summed E-state index contributed by atoms with van der Waals surface area (Å²) >= 11 is 1.36. The lowest BCUT2D eigenvalue weighted by atomic mass is 10.0. The number of anilines is 1. The van der Waals surface area contributed by atoms with Crippen molar-refractivity contribution in [3.05, 3.63) is 51.7 Å². The van der Waals surface area contributed by atoms with Gasteiger partial charge in [0.2, 0.25) is 5.91 Å². The number of thiophene rings is 1. The minimum atomic E-state index is -1.29. The molecule has 0 spiro atoms. The van der Waals surface area contributed by atoms with Crippen LogP contribution in [0.15, 0.2) is 36.4 Å². The number of hydrogen-bond donors (Lipinski definition) is 4. The van der Waals surface area contributed by atoms with E-state index in [1.165, 1.54) is 17.8 Å². The molecule has 1 fully saturated rings. The average molecular weight is 536 g/mol. The van der Waals surface area contributed by atoms with Gasteiger partial charge < -0.3 is 30.1 Å². The van der Waals surface area contributed by atoms with Crippen LogP contribution in [0.1, 0.15) is 85.0 Å². The maximum absolute atomic E-state index is 11.6. The standard InChI is InChI=1S/C16H23NO2.C12H18O5S/c1-2-3-4-6-15(18)13-8-10-14(11-9-13)17-12-5-7-16(17)19;1-2-3-8-4-5-11(18-8)12(16)17-7-10(15)9(14)6-13/h8-11,15,18H,2-7,12H2,1H3;4-5,9-10,13-15H,2-3,6-7H2,1H3/t15-;/m0./s1. The third-order valence-corrected chi connectivity index (χ3v) is 7.24. The van der Waals surface area contributed by atoms with Gasteiger partial charge in [-0.15, -0.1) is 11.3 Å². The number of amides is 1. The van der Waals surface area contributed by atoms with Crippen molar-refractivity contribution in [2.24, 2.45) is 0 Å². The summed E-state index contributed by atoms with van der Waals surface area (Å²) in [4.78, 5) is 26.7. The molecule has 3 atom stereocenters. The zero-order valence-corrected chi connectivity index (χ0v) is 22.7.